The molecule has 0 aliphatic carbocycles. The lowest BCUT2D eigenvalue weighted by Crippen LogP contribution is -2.52. The molecule has 2 heterocycles. The third-order valence-corrected chi connectivity index (χ3v) is 6.71. The van der Waals surface area contributed by atoms with Crippen LogP contribution in [0.3, 0.4) is 0 Å². The van der Waals surface area contributed by atoms with Gasteiger partial charge in [-0.2, -0.15) is 0 Å². The van der Waals surface area contributed by atoms with Gasteiger partial charge in [-0.15, -0.1) is 11.3 Å². The quantitative estimate of drug-likeness (QED) is 0.608. The van der Waals surface area contributed by atoms with Gasteiger partial charge >= 0.3 is 0 Å². The van der Waals surface area contributed by atoms with Crippen LogP contribution in [0.5, 0.6) is 0 Å². The van der Waals surface area contributed by atoms with Crippen LogP contribution in [-0.2, 0) is 16.3 Å². The molecule has 146 valence electrons. The van der Waals surface area contributed by atoms with Crippen molar-refractivity contribution in [3.05, 3.63) is 47.3 Å². The molecular formula is C19H26N4O2S2. The van der Waals surface area contributed by atoms with Gasteiger partial charge in [-0.1, -0.05) is 12.1 Å². The SMILES string of the molecule is CN=C(NCCc1ccc(S(C)(=O)=O)cc1)N1CCN(c2cccs2)CC1. The van der Waals surface area contributed by atoms with Crippen LogP contribution in [0.25, 0.3) is 0 Å². The van der Waals surface area contributed by atoms with Gasteiger partial charge in [0.2, 0.25) is 0 Å². The highest BCUT2D eigenvalue weighted by Crippen LogP contribution is 2.22. The molecule has 6 nitrogen and oxygen atoms in total. The molecule has 1 N–H and O–H groups in total. The molecule has 0 bridgehead atoms. The lowest BCUT2D eigenvalue weighted by atomic mass is 10.1. The first-order valence-electron chi connectivity index (χ1n) is 9.00. The molecule has 0 radical (unpaired) electrons. The minimum atomic E-state index is -3.14. The molecule has 27 heavy (non-hydrogen) atoms. The summed E-state index contributed by atoms with van der Waals surface area (Å²) in [5.74, 6) is 0.925. The molecular weight excluding hydrogens is 380 g/mol. The number of thiophene rings is 1. The Morgan fingerprint density at radius 3 is 2.41 bits per heavy atom. The van der Waals surface area contributed by atoms with Crippen LogP contribution in [0.1, 0.15) is 5.56 Å². The van der Waals surface area contributed by atoms with Crippen molar-refractivity contribution in [1.82, 2.24) is 10.2 Å². The van der Waals surface area contributed by atoms with Crippen LogP contribution < -0.4 is 10.2 Å². The van der Waals surface area contributed by atoms with Crippen molar-refractivity contribution < 1.29 is 8.42 Å². The van der Waals surface area contributed by atoms with Crippen molar-refractivity contribution in [2.75, 3.05) is 50.9 Å². The number of sulfone groups is 1. The summed E-state index contributed by atoms with van der Waals surface area (Å²) in [6, 6.07) is 11.4. The number of hydrogen-bond acceptors (Lipinski definition) is 5. The zero-order chi connectivity index (χ0) is 19.3. The number of nitrogens with one attached hydrogen (secondary N) is 1. The number of hydrogen-bond donors (Lipinski definition) is 1. The summed E-state index contributed by atoms with van der Waals surface area (Å²) in [5, 5.41) is 6.87. The second-order valence-electron chi connectivity index (χ2n) is 6.57. The minimum absolute atomic E-state index is 0.360. The second kappa shape index (κ2) is 8.75. The molecule has 8 heteroatoms. The van der Waals surface area contributed by atoms with Crippen LogP contribution in [-0.4, -0.2) is 65.3 Å². The molecule has 1 aliphatic heterocycles. The zero-order valence-electron chi connectivity index (χ0n) is 15.8. The smallest absolute Gasteiger partial charge is 0.193 e. The van der Waals surface area contributed by atoms with Crippen LogP contribution in [0.4, 0.5) is 5.00 Å². The minimum Gasteiger partial charge on any atom is -0.360 e. The van der Waals surface area contributed by atoms with Gasteiger partial charge in [-0.05, 0) is 41.6 Å². The second-order valence-corrected chi connectivity index (χ2v) is 9.51. The maximum Gasteiger partial charge on any atom is 0.193 e. The molecule has 1 fully saturated rings. The first-order valence-corrected chi connectivity index (χ1v) is 11.8. The van der Waals surface area contributed by atoms with Gasteiger partial charge in [0.05, 0.1) is 9.90 Å². The molecule has 0 atom stereocenters. The van der Waals surface area contributed by atoms with E-state index in [1.54, 1.807) is 23.5 Å². The molecule has 1 aromatic carbocycles. The van der Waals surface area contributed by atoms with Gasteiger partial charge in [0.15, 0.2) is 15.8 Å². The molecule has 0 spiro atoms. The van der Waals surface area contributed by atoms with Crippen molar-refractivity contribution >= 4 is 32.1 Å². The van der Waals surface area contributed by atoms with E-state index in [1.807, 2.05) is 19.2 Å². The number of anilines is 1. The van der Waals surface area contributed by atoms with Gasteiger partial charge < -0.3 is 15.1 Å². The van der Waals surface area contributed by atoms with Gasteiger partial charge in [0.1, 0.15) is 0 Å². The summed E-state index contributed by atoms with van der Waals surface area (Å²) in [4.78, 5) is 9.48. The Balaban J connectivity index is 1.47. The van der Waals surface area contributed by atoms with E-state index in [1.165, 1.54) is 11.3 Å². The highest BCUT2D eigenvalue weighted by Gasteiger charge is 2.20. The fourth-order valence-electron chi connectivity index (χ4n) is 3.14. The Bertz CT molecular complexity index is 854. The van der Waals surface area contributed by atoms with E-state index in [0.717, 1.165) is 50.7 Å². The van der Waals surface area contributed by atoms with E-state index in [9.17, 15) is 8.42 Å². The summed E-state index contributed by atoms with van der Waals surface area (Å²) in [7, 11) is -1.32. The van der Waals surface area contributed by atoms with Crippen LogP contribution in [0.15, 0.2) is 51.7 Å². The molecule has 3 rings (SSSR count). The first kappa shape index (κ1) is 19.7. The fraction of sp³-hybridized carbons (Fsp3) is 0.421. The van der Waals surface area contributed by atoms with E-state index in [2.05, 4.69) is 37.6 Å². The summed E-state index contributed by atoms with van der Waals surface area (Å²) >= 11 is 1.78. The van der Waals surface area contributed by atoms with E-state index in [-0.39, 0.29) is 0 Å². The van der Waals surface area contributed by atoms with Gasteiger partial charge in [0.25, 0.3) is 0 Å². The van der Waals surface area contributed by atoms with Crippen molar-refractivity contribution in [3.63, 3.8) is 0 Å². The monoisotopic (exact) mass is 406 g/mol. The third kappa shape index (κ3) is 5.23. The van der Waals surface area contributed by atoms with Crippen molar-refractivity contribution in [1.29, 1.82) is 0 Å². The predicted octanol–water partition coefficient (Wildman–Crippen LogP) is 2.09. The molecule has 1 aliphatic rings. The summed E-state index contributed by atoms with van der Waals surface area (Å²) in [6.07, 6.45) is 2.05. The predicted molar refractivity (Wildman–Crippen MR) is 113 cm³/mol. The average molecular weight is 407 g/mol. The lowest BCUT2D eigenvalue weighted by molar-refractivity contribution is 0.374. The maximum atomic E-state index is 11.5. The Morgan fingerprint density at radius 1 is 1.15 bits per heavy atom. The number of guanidine groups is 1. The van der Waals surface area contributed by atoms with E-state index in [0.29, 0.717) is 4.90 Å². The average Bonchev–Trinajstić information content (AvgIpc) is 3.20. The molecule has 0 amide bonds. The Labute approximate surface area is 165 Å². The molecule has 0 saturated carbocycles. The Morgan fingerprint density at radius 2 is 1.85 bits per heavy atom. The third-order valence-electron chi connectivity index (χ3n) is 4.66. The lowest BCUT2D eigenvalue weighted by Gasteiger charge is -2.37. The van der Waals surface area contributed by atoms with Crippen molar-refractivity contribution in [2.45, 2.75) is 11.3 Å². The number of aliphatic imine (C=N–C) groups is 1. The summed E-state index contributed by atoms with van der Waals surface area (Å²) in [6.45, 7) is 4.64. The molecule has 1 saturated heterocycles. The fourth-order valence-corrected chi connectivity index (χ4v) is 4.56. The number of benzene rings is 1. The summed E-state index contributed by atoms with van der Waals surface area (Å²) < 4.78 is 23.0. The van der Waals surface area contributed by atoms with E-state index >= 15 is 0 Å². The standard InChI is InChI=1S/C19H26N4O2S2/c1-20-19(23-13-11-22(12-14-23)18-4-3-15-26-18)21-10-9-16-5-7-17(8-6-16)27(2,24)25/h3-8,15H,9-14H2,1-2H3,(H,20,21). The highest BCUT2D eigenvalue weighted by molar-refractivity contribution is 7.90. The van der Waals surface area contributed by atoms with Crippen LogP contribution in [0.2, 0.25) is 0 Å². The number of piperazine rings is 1. The summed E-state index contributed by atoms with van der Waals surface area (Å²) in [5.41, 5.74) is 1.10. The highest BCUT2D eigenvalue weighted by atomic mass is 32.2. The van der Waals surface area contributed by atoms with Gasteiger partial charge in [-0.3, -0.25) is 4.99 Å². The maximum absolute atomic E-state index is 11.5. The Kier molecular flexibility index (Phi) is 6.38. The van der Waals surface area contributed by atoms with Crippen molar-refractivity contribution in [2.24, 2.45) is 4.99 Å². The normalized spacial score (nSPS) is 15.9. The number of nitrogens with zero attached hydrogens (tertiary/aromatic N) is 3. The zero-order valence-corrected chi connectivity index (χ0v) is 17.4. The van der Waals surface area contributed by atoms with Crippen molar-refractivity contribution in [3.8, 4) is 0 Å². The first-order chi connectivity index (χ1) is 13.0. The van der Waals surface area contributed by atoms with E-state index in [4.69, 9.17) is 0 Å². The van der Waals surface area contributed by atoms with Gasteiger partial charge in [0, 0.05) is 46.0 Å². The van der Waals surface area contributed by atoms with Gasteiger partial charge in [-0.25, -0.2) is 8.42 Å². The van der Waals surface area contributed by atoms with E-state index < -0.39 is 9.84 Å². The number of rotatable bonds is 5. The largest absolute Gasteiger partial charge is 0.360 e. The molecule has 2 aromatic rings. The molecule has 0 unspecified atom stereocenters. The van der Waals surface area contributed by atoms with Crippen LogP contribution in [0, 0.1) is 0 Å². The Hall–Kier alpha value is -2.06. The topological polar surface area (TPSA) is 65.0 Å². The molecule has 1 aromatic heterocycles. The van der Waals surface area contributed by atoms with Crippen LogP contribution >= 0.6 is 11.3 Å².